The molecule has 0 radical (unpaired) electrons. The topological polar surface area (TPSA) is 72.2 Å². The van der Waals surface area contributed by atoms with Crippen LogP contribution in [-0.2, 0) is 0 Å². The Morgan fingerprint density at radius 2 is 1.75 bits per heavy atom. The van der Waals surface area contributed by atoms with Crippen molar-refractivity contribution in [3.05, 3.63) is 65.0 Å². The number of hydrogen-bond donors (Lipinski definition) is 2. The van der Waals surface area contributed by atoms with Crippen molar-refractivity contribution < 1.29 is 14.0 Å². The molecule has 2 rings (SSSR count). The third-order valence-corrected chi connectivity index (χ3v) is 2.86. The molecule has 0 aliphatic rings. The van der Waals surface area contributed by atoms with Gasteiger partial charge in [0.15, 0.2) is 0 Å². The van der Waals surface area contributed by atoms with E-state index in [1.807, 2.05) is 0 Å². The van der Waals surface area contributed by atoms with Gasteiger partial charge in [0.2, 0.25) is 5.91 Å². The van der Waals surface area contributed by atoms with Gasteiger partial charge in [0.1, 0.15) is 5.82 Å². The van der Waals surface area contributed by atoms with Gasteiger partial charge < -0.3 is 11.1 Å². The summed E-state index contributed by atoms with van der Waals surface area (Å²) in [5.41, 5.74) is 6.97. The minimum absolute atomic E-state index is 0.339. The molecule has 20 heavy (non-hydrogen) atoms. The number of benzene rings is 2. The molecule has 2 aromatic carbocycles. The molecule has 0 aliphatic heterocycles. The third-order valence-electron chi connectivity index (χ3n) is 2.86. The number of carbonyl (C=O) groups is 2. The first-order chi connectivity index (χ1) is 9.47. The fraction of sp³-hybridized carbons (Fsp3) is 0.0667. The maximum atomic E-state index is 13.0. The Bertz CT molecular complexity index is 666. The van der Waals surface area contributed by atoms with E-state index < -0.39 is 5.91 Å². The Morgan fingerprint density at radius 3 is 2.30 bits per heavy atom. The van der Waals surface area contributed by atoms with E-state index in [-0.39, 0.29) is 11.7 Å². The Labute approximate surface area is 115 Å². The first-order valence-corrected chi connectivity index (χ1v) is 5.95. The van der Waals surface area contributed by atoms with Crippen molar-refractivity contribution in [1.82, 2.24) is 0 Å². The number of nitrogens with two attached hydrogens (primary N) is 1. The van der Waals surface area contributed by atoms with Crippen LogP contribution < -0.4 is 11.1 Å². The predicted octanol–water partition coefficient (Wildman–Crippen LogP) is 2.49. The van der Waals surface area contributed by atoms with Crippen LogP contribution >= 0.6 is 0 Å². The van der Waals surface area contributed by atoms with E-state index in [4.69, 9.17) is 5.73 Å². The molecule has 0 unspecified atom stereocenters. The van der Waals surface area contributed by atoms with Gasteiger partial charge in [-0.25, -0.2) is 4.39 Å². The Hall–Kier alpha value is -2.69. The molecule has 5 heteroatoms. The lowest BCUT2D eigenvalue weighted by atomic mass is 10.1. The molecular formula is C15H13FN2O2. The van der Waals surface area contributed by atoms with Crippen molar-refractivity contribution in [2.24, 2.45) is 5.73 Å². The Morgan fingerprint density at radius 1 is 1.10 bits per heavy atom. The summed E-state index contributed by atoms with van der Waals surface area (Å²) in [5.74, 6) is -1.25. The SMILES string of the molecule is Cc1cc(F)ccc1C(=O)Nc1ccc(C(N)=O)cc1. The molecule has 4 nitrogen and oxygen atoms in total. The summed E-state index contributed by atoms with van der Waals surface area (Å²) in [6.45, 7) is 1.66. The molecule has 0 heterocycles. The molecule has 3 N–H and O–H groups in total. The summed E-state index contributed by atoms with van der Waals surface area (Å²) in [6.07, 6.45) is 0. The molecule has 0 atom stereocenters. The normalized spacial score (nSPS) is 10.1. The zero-order valence-corrected chi connectivity index (χ0v) is 10.8. The average molecular weight is 272 g/mol. The first-order valence-electron chi connectivity index (χ1n) is 5.95. The van der Waals surface area contributed by atoms with Crippen molar-refractivity contribution in [3.63, 3.8) is 0 Å². The summed E-state index contributed by atoms with van der Waals surface area (Å²) < 4.78 is 13.0. The van der Waals surface area contributed by atoms with Crippen molar-refractivity contribution in [2.45, 2.75) is 6.92 Å². The van der Waals surface area contributed by atoms with Gasteiger partial charge in [0, 0.05) is 16.8 Å². The second kappa shape index (κ2) is 5.52. The minimum Gasteiger partial charge on any atom is -0.366 e. The van der Waals surface area contributed by atoms with E-state index in [1.165, 1.54) is 30.3 Å². The van der Waals surface area contributed by atoms with Crippen LogP contribution in [0.5, 0.6) is 0 Å². The van der Waals surface area contributed by atoms with Crippen LogP contribution in [0.1, 0.15) is 26.3 Å². The smallest absolute Gasteiger partial charge is 0.255 e. The maximum absolute atomic E-state index is 13.0. The van der Waals surface area contributed by atoms with Crippen LogP contribution in [0.15, 0.2) is 42.5 Å². The van der Waals surface area contributed by atoms with Crippen molar-refractivity contribution in [3.8, 4) is 0 Å². The number of anilines is 1. The third kappa shape index (κ3) is 3.00. The molecule has 0 saturated carbocycles. The second-order valence-electron chi connectivity index (χ2n) is 4.35. The Balaban J connectivity index is 2.17. The lowest BCUT2D eigenvalue weighted by Gasteiger charge is -2.08. The molecule has 0 bridgehead atoms. The molecule has 0 aromatic heterocycles. The van der Waals surface area contributed by atoms with E-state index >= 15 is 0 Å². The quantitative estimate of drug-likeness (QED) is 0.901. The zero-order valence-electron chi connectivity index (χ0n) is 10.8. The number of aryl methyl sites for hydroxylation is 1. The summed E-state index contributed by atoms with van der Waals surface area (Å²) >= 11 is 0. The molecule has 2 amide bonds. The van der Waals surface area contributed by atoms with Gasteiger partial charge in [-0.15, -0.1) is 0 Å². The highest BCUT2D eigenvalue weighted by Gasteiger charge is 2.10. The standard InChI is InChI=1S/C15H13FN2O2/c1-9-8-11(16)4-7-13(9)15(20)18-12-5-2-10(3-6-12)14(17)19/h2-8H,1H3,(H2,17,19)(H,18,20). The van der Waals surface area contributed by atoms with Crippen molar-refractivity contribution in [1.29, 1.82) is 0 Å². The molecule has 0 saturated heterocycles. The zero-order chi connectivity index (χ0) is 14.7. The number of rotatable bonds is 3. The van der Waals surface area contributed by atoms with Gasteiger partial charge in [-0.1, -0.05) is 0 Å². The van der Waals surface area contributed by atoms with Crippen molar-refractivity contribution in [2.75, 3.05) is 5.32 Å². The van der Waals surface area contributed by atoms with Gasteiger partial charge in [-0.3, -0.25) is 9.59 Å². The molecule has 102 valence electrons. The lowest BCUT2D eigenvalue weighted by molar-refractivity contribution is 0.0998. The van der Waals surface area contributed by atoms with Crippen LogP contribution in [0.2, 0.25) is 0 Å². The molecular weight excluding hydrogens is 259 g/mol. The van der Waals surface area contributed by atoms with Crippen LogP contribution in [0.25, 0.3) is 0 Å². The number of primary amides is 1. The van der Waals surface area contributed by atoms with Crippen molar-refractivity contribution >= 4 is 17.5 Å². The predicted molar refractivity (Wildman–Crippen MR) is 74.1 cm³/mol. The van der Waals surface area contributed by atoms with Gasteiger partial charge in [-0.05, 0) is 55.0 Å². The Kier molecular flexibility index (Phi) is 3.79. The summed E-state index contributed by atoms with van der Waals surface area (Å²) in [5, 5.41) is 2.67. The van der Waals surface area contributed by atoms with Gasteiger partial charge in [0.05, 0.1) is 0 Å². The fourth-order valence-electron chi connectivity index (χ4n) is 1.80. The van der Waals surface area contributed by atoms with Crippen LogP contribution in [0.4, 0.5) is 10.1 Å². The number of amides is 2. The monoisotopic (exact) mass is 272 g/mol. The van der Waals surface area contributed by atoms with E-state index in [0.717, 1.165) is 0 Å². The van der Waals surface area contributed by atoms with E-state index in [2.05, 4.69) is 5.32 Å². The fourth-order valence-corrected chi connectivity index (χ4v) is 1.80. The van der Waals surface area contributed by atoms with Crippen LogP contribution in [0.3, 0.4) is 0 Å². The summed E-state index contributed by atoms with van der Waals surface area (Å²) in [4.78, 5) is 23.0. The van der Waals surface area contributed by atoms with Crippen LogP contribution in [-0.4, -0.2) is 11.8 Å². The van der Waals surface area contributed by atoms with Gasteiger partial charge in [-0.2, -0.15) is 0 Å². The van der Waals surface area contributed by atoms with Crippen LogP contribution in [0, 0.1) is 12.7 Å². The van der Waals surface area contributed by atoms with Gasteiger partial charge in [0.25, 0.3) is 5.91 Å². The largest absolute Gasteiger partial charge is 0.366 e. The highest BCUT2D eigenvalue weighted by Crippen LogP contribution is 2.14. The number of hydrogen-bond acceptors (Lipinski definition) is 2. The van der Waals surface area contributed by atoms with E-state index in [9.17, 15) is 14.0 Å². The first kappa shape index (κ1) is 13.7. The molecule has 2 aromatic rings. The summed E-state index contributed by atoms with van der Waals surface area (Å²) in [7, 11) is 0. The van der Waals surface area contributed by atoms with Gasteiger partial charge >= 0.3 is 0 Å². The highest BCUT2D eigenvalue weighted by atomic mass is 19.1. The highest BCUT2D eigenvalue weighted by molar-refractivity contribution is 6.05. The average Bonchev–Trinajstić information content (AvgIpc) is 2.39. The maximum Gasteiger partial charge on any atom is 0.255 e. The number of halogens is 1. The molecule has 0 aliphatic carbocycles. The summed E-state index contributed by atoms with van der Waals surface area (Å²) in [6, 6.07) is 10.2. The second-order valence-corrected chi connectivity index (χ2v) is 4.35. The lowest BCUT2D eigenvalue weighted by Crippen LogP contribution is -2.14. The van der Waals surface area contributed by atoms with E-state index in [0.29, 0.717) is 22.4 Å². The molecule has 0 spiro atoms. The molecule has 0 fully saturated rings. The van der Waals surface area contributed by atoms with E-state index in [1.54, 1.807) is 19.1 Å². The minimum atomic E-state index is -0.530. The number of carbonyl (C=O) groups excluding carboxylic acids is 2. The number of nitrogens with one attached hydrogen (secondary N) is 1.